The van der Waals surface area contributed by atoms with Gasteiger partial charge >= 0.3 is 5.97 Å². The van der Waals surface area contributed by atoms with Gasteiger partial charge in [-0.2, -0.15) is 0 Å². The standard InChI is InChI=1S/C8H12N2O4/c1-5-3-9-6(11)2-7(12)10(5)4-8(13)14/h5H,2-4H2,1H3,(H,9,11)(H,13,14). The van der Waals surface area contributed by atoms with E-state index in [1.54, 1.807) is 6.92 Å². The van der Waals surface area contributed by atoms with E-state index in [0.29, 0.717) is 6.54 Å². The highest BCUT2D eigenvalue weighted by Crippen LogP contribution is 2.05. The van der Waals surface area contributed by atoms with Crippen molar-refractivity contribution in [3.63, 3.8) is 0 Å². The zero-order valence-corrected chi connectivity index (χ0v) is 7.82. The second-order valence-electron chi connectivity index (χ2n) is 3.25. The molecular formula is C8H12N2O4. The van der Waals surface area contributed by atoms with E-state index in [2.05, 4.69) is 5.32 Å². The van der Waals surface area contributed by atoms with E-state index < -0.39 is 11.9 Å². The van der Waals surface area contributed by atoms with E-state index in [4.69, 9.17) is 5.11 Å². The molecule has 2 N–H and O–H groups in total. The summed E-state index contributed by atoms with van der Waals surface area (Å²) in [6, 6.07) is -0.273. The van der Waals surface area contributed by atoms with Crippen LogP contribution in [0, 0.1) is 0 Å². The van der Waals surface area contributed by atoms with Crippen LogP contribution in [0.3, 0.4) is 0 Å². The van der Waals surface area contributed by atoms with Gasteiger partial charge in [-0.1, -0.05) is 0 Å². The molecule has 1 saturated heterocycles. The van der Waals surface area contributed by atoms with E-state index in [1.807, 2.05) is 0 Å². The molecule has 6 nitrogen and oxygen atoms in total. The molecule has 0 aromatic rings. The van der Waals surface area contributed by atoms with Crippen molar-refractivity contribution in [1.82, 2.24) is 10.2 Å². The van der Waals surface area contributed by atoms with Crippen molar-refractivity contribution < 1.29 is 19.5 Å². The van der Waals surface area contributed by atoms with E-state index in [-0.39, 0.29) is 24.9 Å². The molecule has 1 atom stereocenters. The molecule has 1 heterocycles. The summed E-state index contributed by atoms with van der Waals surface area (Å²) in [7, 11) is 0. The van der Waals surface area contributed by atoms with Gasteiger partial charge in [-0.25, -0.2) is 0 Å². The molecule has 0 aliphatic carbocycles. The summed E-state index contributed by atoms with van der Waals surface area (Å²) < 4.78 is 0. The van der Waals surface area contributed by atoms with Gasteiger partial charge in [-0.15, -0.1) is 0 Å². The van der Waals surface area contributed by atoms with Gasteiger partial charge in [0.2, 0.25) is 11.8 Å². The monoisotopic (exact) mass is 200 g/mol. The first-order valence-corrected chi connectivity index (χ1v) is 4.28. The highest BCUT2D eigenvalue weighted by atomic mass is 16.4. The lowest BCUT2D eigenvalue weighted by molar-refractivity contribution is -0.146. The summed E-state index contributed by atoms with van der Waals surface area (Å²) in [6.07, 6.45) is -0.266. The summed E-state index contributed by atoms with van der Waals surface area (Å²) in [6.45, 7) is 1.65. The second kappa shape index (κ2) is 4.08. The topological polar surface area (TPSA) is 86.7 Å². The van der Waals surface area contributed by atoms with Gasteiger partial charge in [0.1, 0.15) is 13.0 Å². The molecule has 78 valence electrons. The van der Waals surface area contributed by atoms with Crippen molar-refractivity contribution in [2.24, 2.45) is 0 Å². The van der Waals surface area contributed by atoms with Crippen LogP contribution in [0.2, 0.25) is 0 Å². The molecule has 1 fully saturated rings. The Morgan fingerprint density at radius 3 is 2.86 bits per heavy atom. The van der Waals surface area contributed by atoms with Crippen molar-refractivity contribution in [3.05, 3.63) is 0 Å². The maximum Gasteiger partial charge on any atom is 0.323 e. The number of carbonyl (C=O) groups excluding carboxylic acids is 2. The first kappa shape index (κ1) is 10.5. The number of carboxylic acids is 1. The Labute approximate surface area is 80.9 Å². The number of aliphatic carboxylic acids is 1. The third kappa shape index (κ3) is 2.45. The fourth-order valence-electron chi connectivity index (χ4n) is 1.31. The Morgan fingerprint density at radius 2 is 2.29 bits per heavy atom. The molecule has 6 heteroatoms. The normalized spacial score (nSPS) is 22.9. The number of rotatable bonds is 2. The van der Waals surface area contributed by atoms with Gasteiger partial charge in [0.25, 0.3) is 0 Å². The molecule has 1 aliphatic heterocycles. The van der Waals surface area contributed by atoms with Crippen molar-refractivity contribution >= 4 is 17.8 Å². The van der Waals surface area contributed by atoms with E-state index in [1.165, 1.54) is 4.90 Å². The van der Waals surface area contributed by atoms with Crippen LogP contribution in [0.25, 0.3) is 0 Å². The van der Waals surface area contributed by atoms with Crippen molar-refractivity contribution in [2.45, 2.75) is 19.4 Å². The fourth-order valence-corrected chi connectivity index (χ4v) is 1.31. The number of hydrogen-bond acceptors (Lipinski definition) is 3. The molecule has 14 heavy (non-hydrogen) atoms. The summed E-state index contributed by atoms with van der Waals surface area (Å²) in [5.41, 5.74) is 0. The minimum absolute atomic E-state index is 0.266. The Kier molecular flexibility index (Phi) is 3.06. The van der Waals surface area contributed by atoms with Crippen molar-refractivity contribution in [1.29, 1.82) is 0 Å². The molecule has 0 bridgehead atoms. The number of amides is 2. The highest BCUT2D eigenvalue weighted by Gasteiger charge is 2.27. The third-order valence-corrected chi connectivity index (χ3v) is 2.06. The zero-order chi connectivity index (χ0) is 10.7. The minimum atomic E-state index is -1.07. The number of nitrogens with one attached hydrogen (secondary N) is 1. The quantitative estimate of drug-likeness (QED) is 0.548. The Hall–Kier alpha value is -1.59. The summed E-state index contributed by atoms with van der Waals surface area (Å²) in [5, 5.41) is 11.1. The number of carbonyl (C=O) groups is 3. The molecule has 1 rings (SSSR count). The molecule has 0 radical (unpaired) electrons. The molecule has 0 saturated carbocycles. The number of nitrogens with zero attached hydrogens (tertiary/aromatic N) is 1. The van der Waals surface area contributed by atoms with Crippen LogP contribution in [0.15, 0.2) is 0 Å². The van der Waals surface area contributed by atoms with E-state index in [0.717, 1.165) is 0 Å². The number of hydrogen-bond donors (Lipinski definition) is 2. The molecular weight excluding hydrogens is 188 g/mol. The predicted molar refractivity (Wildman–Crippen MR) is 46.4 cm³/mol. The Morgan fingerprint density at radius 1 is 1.64 bits per heavy atom. The van der Waals surface area contributed by atoms with Crippen LogP contribution in [0.5, 0.6) is 0 Å². The first-order chi connectivity index (χ1) is 6.50. The largest absolute Gasteiger partial charge is 0.480 e. The fraction of sp³-hybridized carbons (Fsp3) is 0.625. The van der Waals surface area contributed by atoms with Crippen LogP contribution in [0.4, 0.5) is 0 Å². The van der Waals surface area contributed by atoms with Gasteiger partial charge < -0.3 is 15.3 Å². The summed E-state index contributed by atoms with van der Waals surface area (Å²) in [5.74, 6) is -1.86. The molecule has 0 aromatic carbocycles. The summed E-state index contributed by atoms with van der Waals surface area (Å²) >= 11 is 0. The van der Waals surface area contributed by atoms with Gasteiger partial charge in [-0.05, 0) is 6.92 Å². The van der Waals surface area contributed by atoms with Gasteiger partial charge in [0.15, 0.2) is 0 Å². The zero-order valence-electron chi connectivity index (χ0n) is 7.82. The Bertz CT molecular complexity index is 277. The lowest BCUT2D eigenvalue weighted by Crippen LogP contribution is -2.43. The highest BCUT2D eigenvalue weighted by molar-refractivity contribution is 5.98. The maximum atomic E-state index is 11.4. The average molecular weight is 200 g/mol. The van der Waals surface area contributed by atoms with Crippen LogP contribution >= 0.6 is 0 Å². The minimum Gasteiger partial charge on any atom is -0.480 e. The van der Waals surface area contributed by atoms with Crippen LogP contribution in [-0.2, 0) is 14.4 Å². The molecule has 0 aromatic heterocycles. The van der Waals surface area contributed by atoms with Crippen molar-refractivity contribution in [2.75, 3.05) is 13.1 Å². The predicted octanol–water partition coefficient (Wildman–Crippen LogP) is -1.19. The van der Waals surface area contributed by atoms with Crippen molar-refractivity contribution in [3.8, 4) is 0 Å². The van der Waals surface area contributed by atoms with E-state index in [9.17, 15) is 14.4 Å². The average Bonchev–Trinajstić information content (AvgIpc) is 2.18. The molecule has 1 unspecified atom stereocenters. The molecule has 1 aliphatic rings. The Balaban J connectivity index is 2.73. The van der Waals surface area contributed by atoms with Gasteiger partial charge in [0, 0.05) is 12.6 Å². The lowest BCUT2D eigenvalue weighted by Gasteiger charge is -2.24. The third-order valence-electron chi connectivity index (χ3n) is 2.06. The van der Waals surface area contributed by atoms with Gasteiger partial charge in [-0.3, -0.25) is 14.4 Å². The van der Waals surface area contributed by atoms with E-state index >= 15 is 0 Å². The molecule has 2 amide bonds. The van der Waals surface area contributed by atoms with Crippen LogP contribution in [0.1, 0.15) is 13.3 Å². The maximum absolute atomic E-state index is 11.4. The van der Waals surface area contributed by atoms with Gasteiger partial charge in [0.05, 0.1) is 0 Å². The lowest BCUT2D eigenvalue weighted by atomic mass is 10.2. The summed E-state index contributed by atoms with van der Waals surface area (Å²) in [4.78, 5) is 34.0. The van der Waals surface area contributed by atoms with Crippen LogP contribution in [-0.4, -0.2) is 46.9 Å². The molecule has 0 spiro atoms. The first-order valence-electron chi connectivity index (χ1n) is 4.28. The number of carboxylic acid groups (broad SMARTS) is 1. The second-order valence-corrected chi connectivity index (χ2v) is 3.25. The SMILES string of the molecule is CC1CNC(=O)CC(=O)N1CC(=O)O. The smallest absolute Gasteiger partial charge is 0.323 e. The van der Waals surface area contributed by atoms with Crippen LogP contribution < -0.4 is 5.32 Å².